The summed E-state index contributed by atoms with van der Waals surface area (Å²) >= 11 is 5.83. The first-order valence-corrected chi connectivity index (χ1v) is 12.1. The van der Waals surface area contributed by atoms with Crippen molar-refractivity contribution in [2.24, 2.45) is 0 Å². The van der Waals surface area contributed by atoms with Gasteiger partial charge in [-0.05, 0) is 35.9 Å². The fraction of sp³-hybridized carbons (Fsp3) is 0.500. The van der Waals surface area contributed by atoms with E-state index in [4.69, 9.17) is 0 Å². The maximum Gasteiger partial charge on any atom is 0.284 e. The third kappa shape index (κ3) is 3.74. The van der Waals surface area contributed by atoms with Gasteiger partial charge in [0.1, 0.15) is 10.7 Å². The Labute approximate surface area is 166 Å². The molecular weight excluding hydrogens is 412 g/mol. The van der Waals surface area contributed by atoms with Gasteiger partial charge >= 0.3 is 0 Å². The largest absolute Gasteiger partial charge is 0.284 e. The zero-order valence-electron chi connectivity index (χ0n) is 14.4. The molecule has 2 aliphatic rings. The number of aromatic nitrogens is 2. The minimum atomic E-state index is -0.585. The summed E-state index contributed by atoms with van der Waals surface area (Å²) in [4.78, 5) is 50.9. The lowest BCUT2D eigenvalue weighted by atomic mass is 10.4. The average Bonchev–Trinajstić information content (AvgIpc) is 2.63. The van der Waals surface area contributed by atoms with Crippen LogP contribution in [0.3, 0.4) is 0 Å². The first kappa shape index (κ1) is 19.9. The Bertz CT molecular complexity index is 911. The molecule has 0 amide bonds. The molecule has 2 fully saturated rings. The molecule has 0 aromatic carbocycles. The van der Waals surface area contributed by atoms with Crippen molar-refractivity contribution < 1.29 is 9.59 Å². The van der Waals surface area contributed by atoms with Gasteiger partial charge in [0.05, 0.1) is 8.47 Å². The first-order chi connectivity index (χ1) is 12.4. The van der Waals surface area contributed by atoms with Crippen molar-refractivity contribution >= 4 is 67.3 Å². The van der Waals surface area contributed by atoms with Crippen molar-refractivity contribution in [1.29, 1.82) is 0 Å². The molecule has 0 radical (unpaired) electrons. The van der Waals surface area contributed by atoms with Gasteiger partial charge in [0.2, 0.25) is 11.8 Å². The molecule has 0 spiro atoms. The summed E-state index contributed by atoms with van der Waals surface area (Å²) in [5.74, 6) is 2.25. The summed E-state index contributed by atoms with van der Waals surface area (Å²) in [5.41, 5.74) is -1.17. The highest BCUT2D eigenvalue weighted by molar-refractivity contribution is 8.30. The molecule has 3 rings (SSSR count). The predicted octanol–water partition coefficient (Wildman–Crippen LogP) is 1.20. The van der Waals surface area contributed by atoms with Crippen LogP contribution in [0.1, 0.15) is 36.3 Å². The number of hydrogen-bond acceptors (Lipinski definition) is 8. The second-order valence-electron chi connectivity index (χ2n) is 5.69. The van der Waals surface area contributed by atoms with Gasteiger partial charge in [0, 0.05) is 13.8 Å². The van der Waals surface area contributed by atoms with E-state index in [1.807, 2.05) is 0 Å². The first-order valence-electron chi connectivity index (χ1n) is 8.13. The van der Waals surface area contributed by atoms with Crippen LogP contribution in [-0.2, 0) is 0 Å². The minimum absolute atomic E-state index is 0.0301. The number of rotatable bonds is 0. The van der Waals surface area contributed by atoms with Gasteiger partial charge in [-0.1, -0.05) is 0 Å². The number of thioether (sulfide) groups is 4. The van der Waals surface area contributed by atoms with Gasteiger partial charge in [-0.3, -0.25) is 19.2 Å². The van der Waals surface area contributed by atoms with E-state index in [9.17, 15) is 19.2 Å². The van der Waals surface area contributed by atoms with Crippen molar-refractivity contribution in [3.63, 3.8) is 0 Å². The normalized spacial score (nSPS) is 18.1. The smallest absolute Gasteiger partial charge is 0.274 e. The molecule has 0 N–H and O–H groups in total. The molecule has 6 nitrogen and oxygen atoms in total. The van der Waals surface area contributed by atoms with Crippen molar-refractivity contribution in [2.75, 3.05) is 23.0 Å². The Balaban J connectivity index is 2.55. The number of nitrogens with zero attached hydrogens (tertiary/aromatic N) is 2. The van der Waals surface area contributed by atoms with Crippen LogP contribution >= 0.6 is 47.0 Å². The van der Waals surface area contributed by atoms with Gasteiger partial charge in [-0.2, -0.15) is 0 Å². The monoisotopic (exact) mass is 430 g/mol. The fourth-order valence-corrected chi connectivity index (χ4v) is 7.89. The fourth-order valence-electron chi connectivity index (χ4n) is 2.70. The number of hydrogen-bond donors (Lipinski definition) is 0. The van der Waals surface area contributed by atoms with Crippen LogP contribution in [0.15, 0.2) is 9.59 Å². The molecule has 2 saturated heterocycles. The lowest BCUT2D eigenvalue weighted by Crippen LogP contribution is -2.61. The van der Waals surface area contributed by atoms with Crippen LogP contribution in [-0.4, -0.2) is 44.0 Å². The SMILES string of the molecule is CC(=O)n1c(=O)c(=C2SCCCS2)n(C(C)=O)c(=O)c1=C1SCCCS1. The van der Waals surface area contributed by atoms with Crippen LogP contribution in [0.2, 0.25) is 0 Å². The highest BCUT2D eigenvalue weighted by Gasteiger charge is 2.23. The summed E-state index contributed by atoms with van der Waals surface area (Å²) in [6, 6.07) is 0. The van der Waals surface area contributed by atoms with E-state index < -0.39 is 22.9 Å². The molecular formula is C16H18N2O4S4. The summed E-state index contributed by atoms with van der Waals surface area (Å²) in [5, 5.41) is 0.0603. The molecule has 1 aromatic heterocycles. The molecule has 10 heteroatoms. The summed E-state index contributed by atoms with van der Waals surface area (Å²) in [6.45, 7) is 2.55. The molecule has 0 aliphatic carbocycles. The number of carbonyl (C=O) groups excluding carboxylic acids is 2. The Morgan fingerprint density at radius 1 is 0.692 bits per heavy atom. The van der Waals surface area contributed by atoms with E-state index in [1.165, 1.54) is 60.9 Å². The third-order valence-corrected chi connectivity index (χ3v) is 8.99. The quantitative estimate of drug-likeness (QED) is 0.608. The summed E-state index contributed by atoms with van der Waals surface area (Å²) in [6.07, 6.45) is 1.99. The molecule has 0 bridgehead atoms. The molecule has 26 heavy (non-hydrogen) atoms. The zero-order chi connectivity index (χ0) is 18.8. The Morgan fingerprint density at radius 3 is 1.27 bits per heavy atom. The summed E-state index contributed by atoms with van der Waals surface area (Å²) < 4.78 is 3.20. The summed E-state index contributed by atoms with van der Waals surface area (Å²) in [7, 11) is 0. The third-order valence-electron chi connectivity index (χ3n) is 3.79. The number of carbonyl (C=O) groups is 2. The van der Waals surface area contributed by atoms with E-state index >= 15 is 0 Å². The Kier molecular flexibility index (Phi) is 6.47. The lowest BCUT2D eigenvalue weighted by Gasteiger charge is -2.17. The van der Waals surface area contributed by atoms with E-state index in [2.05, 4.69) is 0 Å². The van der Waals surface area contributed by atoms with Crippen LogP contribution in [0.5, 0.6) is 0 Å². The van der Waals surface area contributed by atoms with Crippen molar-refractivity contribution in [3.8, 4) is 0 Å². The second kappa shape index (κ2) is 8.45. The molecule has 1 aromatic rings. The van der Waals surface area contributed by atoms with Gasteiger partial charge in [0.15, 0.2) is 0 Å². The van der Waals surface area contributed by atoms with Crippen molar-refractivity contribution in [3.05, 3.63) is 31.4 Å². The van der Waals surface area contributed by atoms with Crippen LogP contribution < -0.4 is 21.8 Å². The van der Waals surface area contributed by atoms with E-state index in [0.29, 0.717) is 8.47 Å². The van der Waals surface area contributed by atoms with E-state index in [-0.39, 0.29) is 10.7 Å². The predicted molar refractivity (Wildman–Crippen MR) is 113 cm³/mol. The average molecular weight is 431 g/mol. The maximum atomic E-state index is 13.2. The van der Waals surface area contributed by atoms with Gasteiger partial charge in [0.25, 0.3) is 11.1 Å². The molecule has 2 aliphatic heterocycles. The van der Waals surface area contributed by atoms with Gasteiger partial charge < -0.3 is 0 Å². The lowest BCUT2D eigenvalue weighted by molar-refractivity contribution is 0.0901. The van der Waals surface area contributed by atoms with Crippen LogP contribution in [0.4, 0.5) is 0 Å². The zero-order valence-corrected chi connectivity index (χ0v) is 17.7. The van der Waals surface area contributed by atoms with Crippen molar-refractivity contribution in [2.45, 2.75) is 26.7 Å². The standard InChI is InChI=1S/C16H18N2O4S4/c1-9(19)17-11(15-23-5-3-6-24-15)14(22)18(10(2)20)12(13(17)21)16-25-7-4-8-26-16/h3-8H2,1-2H3. The highest BCUT2D eigenvalue weighted by Crippen LogP contribution is 2.35. The van der Waals surface area contributed by atoms with Gasteiger partial charge in [-0.15, -0.1) is 47.0 Å². The molecule has 0 unspecified atom stereocenters. The maximum absolute atomic E-state index is 13.2. The topological polar surface area (TPSA) is 78.1 Å². The molecule has 3 heterocycles. The minimum Gasteiger partial charge on any atom is -0.274 e. The molecule has 140 valence electrons. The molecule has 0 saturated carbocycles. The molecule has 0 atom stereocenters. The highest BCUT2D eigenvalue weighted by atomic mass is 32.2. The van der Waals surface area contributed by atoms with E-state index in [1.54, 1.807) is 0 Å². The Morgan fingerprint density at radius 2 is 1.00 bits per heavy atom. The van der Waals surface area contributed by atoms with Crippen LogP contribution in [0, 0.1) is 0 Å². The van der Waals surface area contributed by atoms with Crippen LogP contribution in [0.25, 0.3) is 8.47 Å². The van der Waals surface area contributed by atoms with Gasteiger partial charge in [-0.25, -0.2) is 9.13 Å². The van der Waals surface area contributed by atoms with Crippen molar-refractivity contribution in [1.82, 2.24) is 9.13 Å². The Hall–Kier alpha value is -0.840. The van der Waals surface area contributed by atoms with E-state index in [0.717, 1.165) is 45.0 Å². The second-order valence-corrected chi connectivity index (χ2v) is 10.6.